The fourth-order valence-corrected chi connectivity index (χ4v) is 7.80. The van der Waals surface area contributed by atoms with Crippen molar-refractivity contribution in [3.05, 3.63) is 0 Å². The highest BCUT2D eigenvalue weighted by Gasteiger charge is 2.70. The van der Waals surface area contributed by atoms with Gasteiger partial charge in [-0.2, -0.15) is 0 Å². The highest BCUT2D eigenvalue weighted by molar-refractivity contribution is 5.73. The van der Waals surface area contributed by atoms with Crippen molar-refractivity contribution in [2.24, 2.45) is 22.7 Å². The SMILES string of the molecule is C[C@@H]1CC[C@H]2[C@]3(C)COC(C)(C)O[C@H]3CC[C@]2(C)[C@@]12CC[C@]1(COC(=O)C1)O2. The largest absolute Gasteiger partial charge is 0.463 e. The van der Waals surface area contributed by atoms with Gasteiger partial charge in [0.1, 0.15) is 12.2 Å². The van der Waals surface area contributed by atoms with Gasteiger partial charge in [0.05, 0.1) is 24.7 Å². The average molecular weight is 393 g/mol. The standard InChI is InChI=1S/C23H36O5/c1-15-6-7-16-20(4)13-26-19(2,3)27-17(20)8-9-21(16,5)23(15)11-10-22(28-23)12-18(24)25-14-22/h15-17H,6-14H2,1-5H3/t15-,16+,17+,20+,21+,22+,23-/m1/s1. The minimum atomic E-state index is -0.493. The third-order valence-corrected chi connectivity index (χ3v) is 9.35. The van der Waals surface area contributed by atoms with Crippen molar-refractivity contribution in [2.75, 3.05) is 13.2 Å². The van der Waals surface area contributed by atoms with E-state index in [1.807, 2.05) is 13.8 Å². The molecule has 0 amide bonds. The lowest BCUT2D eigenvalue weighted by atomic mass is 9.43. The number of hydrogen-bond donors (Lipinski definition) is 0. The number of carbonyl (C=O) groups is 1. The van der Waals surface area contributed by atoms with Crippen LogP contribution in [0.1, 0.15) is 79.6 Å². The van der Waals surface area contributed by atoms with Gasteiger partial charge in [-0.15, -0.1) is 0 Å². The molecule has 0 aromatic heterocycles. The number of rotatable bonds is 0. The number of carbonyl (C=O) groups excluding carboxylic acids is 1. The van der Waals surface area contributed by atoms with Gasteiger partial charge < -0.3 is 18.9 Å². The van der Waals surface area contributed by atoms with Crippen LogP contribution in [0.5, 0.6) is 0 Å². The van der Waals surface area contributed by atoms with Crippen LogP contribution in [-0.4, -0.2) is 42.3 Å². The molecule has 2 spiro atoms. The molecular formula is C23H36O5. The maximum atomic E-state index is 11.9. The molecular weight excluding hydrogens is 356 g/mol. The Hall–Kier alpha value is -0.650. The molecule has 7 atom stereocenters. The van der Waals surface area contributed by atoms with E-state index >= 15 is 0 Å². The molecule has 5 heteroatoms. The molecule has 2 saturated carbocycles. The second kappa shape index (κ2) is 5.73. The normalized spacial score (nSPS) is 55.2. The van der Waals surface area contributed by atoms with Gasteiger partial charge in [-0.25, -0.2) is 0 Å². The molecule has 2 aliphatic carbocycles. The number of fused-ring (bicyclic) bond motifs is 4. The van der Waals surface area contributed by atoms with Crippen molar-refractivity contribution in [1.82, 2.24) is 0 Å². The van der Waals surface area contributed by atoms with E-state index in [2.05, 4.69) is 20.8 Å². The first-order chi connectivity index (χ1) is 13.0. The summed E-state index contributed by atoms with van der Waals surface area (Å²) in [5.41, 5.74) is -0.490. The molecule has 5 aliphatic rings. The van der Waals surface area contributed by atoms with E-state index in [0.717, 1.165) is 38.7 Å². The predicted octanol–water partition coefficient (Wildman–Crippen LogP) is 4.23. The Balaban J connectivity index is 1.51. The number of hydrogen-bond acceptors (Lipinski definition) is 5. The van der Waals surface area contributed by atoms with Gasteiger partial charge in [0.15, 0.2) is 5.79 Å². The fourth-order valence-electron chi connectivity index (χ4n) is 7.80. The zero-order valence-corrected chi connectivity index (χ0v) is 18.1. The summed E-state index contributed by atoms with van der Waals surface area (Å²) in [4.78, 5) is 11.9. The third kappa shape index (κ3) is 2.39. The van der Waals surface area contributed by atoms with Crippen LogP contribution in [0, 0.1) is 22.7 Å². The van der Waals surface area contributed by atoms with Gasteiger partial charge in [0, 0.05) is 10.8 Å². The number of esters is 1. The van der Waals surface area contributed by atoms with Crippen LogP contribution in [-0.2, 0) is 23.7 Å². The molecule has 0 aromatic carbocycles. The summed E-state index contributed by atoms with van der Waals surface area (Å²) in [6.45, 7) is 12.5. The van der Waals surface area contributed by atoms with E-state index in [9.17, 15) is 4.79 Å². The Morgan fingerprint density at radius 1 is 0.964 bits per heavy atom. The molecule has 5 nitrogen and oxygen atoms in total. The molecule has 0 radical (unpaired) electrons. The summed E-state index contributed by atoms with van der Waals surface area (Å²) in [6.07, 6.45) is 7.16. The summed E-state index contributed by atoms with van der Waals surface area (Å²) < 4.78 is 25.0. The van der Waals surface area contributed by atoms with E-state index < -0.39 is 11.4 Å². The van der Waals surface area contributed by atoms with Crippen LogP contribution < -0.4 is 0 Å². The Morgan fingerprint density at radius 2 is 1.75 bits per heavy atom. The van der Waals surface area contributed by atoms with Crippen molar-refractivity contribution >= 4 is 5.97 Å². The van der Waals surface area contributed by atoms with E-state index in [1.165, 1.54) is 6.42 Å². The lowest BCUT2D eigenvalue weighted by Gasteiger charge is -2.67. The topological polar surface area (TPSA) is 54.0 Å². The molecule has 3 heterocycles. The predicted molar refractivity (Wildman–Crippen MR) is 104 cm³/mol. The van der Waals surface area contributed by atoms with E-state index in [-0.39, 0.29) is 28.5 Å². The van der Waals surface area contributed by atoms with Crippen molar-refractivity contribution in [2.45, 2.75) is 103 Å². The van der Waals surface area contributed by atoms with Crippen LogP contribution in [0.4, 0.5) is 0 Å². The van der Waals surface area contributed by atoms with E-state index in [1.54, 1.807) is 0 Å². The second-order valence-electron chi connectivity index (χ2n) is 11.3. The Kier molecular flexibility index (Phi) is 3.96. The van der Waals surface area contributed by atoms with Crippen LogP contribution in [0.3, 0.4) is 0 Å². The zero-order chi connectivity index (χ0) is 20.0. The minimum Gasteiger partial charge on any atom is -0.463 e. The Labute approximate surface area is 168 Å². The Bertz CT molecular complexity index is 690. The quantitative estimate of drug-likeness (QED) is 0.578. The van der Waals surface area contributed by atoms with Crippen molar-refractivity contribution < 1.29 is 23.7 Å². The molecule has 5 fully saturated rings. The summed E-state index contributed by atoms with van der Waals surface area (Å²) in [5, 5.41) is 0. The summed E-state index contributed by atoms with van der Waals surface area (Å²) in [6, 6.07) is 0. The van der Waals surface area contributed by atoms with Gasteiger partial charge in [-0.05, 0) is 64.2 Å². The van der Waals surface area contributed by atoms with Gasteiger partial charge in [-0.1, -0.05) is 20.8 Å². The smallest absolute Gasteiger partial charge is 0.308 e. The molecule has 3 aliphatic heterocycles. The van der Waals surface area contributed by atoms with E-state index in [4.69, 9.17) is 18.9 Å². The van der Waals surface area contributed by atoms with Gasteiger partial charge >= 0.3 is 5.97 Å². The van der Waals surface area contributed by atoms with Crippen LogP contribution in [0.2, 0.25) is 0 Å². The maximum absolute atomic E-state index is 11.9. The average Bonchev–Trinajstić information content (AvgIpc) is 3.18. The lowest BCUT2D eigenvalue weighted by Crippen LogP contribution is -2.68. The maximum Gasteiger partial charge on any atom is 0.308 e. The zero-order valence-electron chi connectivity index (χ0n) is 18.1. The number of ether oxygens (including phenoxy) is 4. The molecule has 0 N–H and O–H groups in total. The molecule has 0 unspecified atom stereocenters. The second-order valence-corrected chi connectivity index (χ2v) is 11.3. The molecule has 158 valence electrons. The monoisotopic (exact) mass is 392 g/mol. The van der Waals surface area contributed by atoms with Gasteiger partial charge in [0.25, 0.3) is 0 Å². The third-order valence-electron chi connectivity index (χ3n) is 9.35. The molecule has 0 bridgehead atoms. The fraction of sp³-hybridized carbons (Fsp3) is 0.957. The number of cyclic esters (lactones) is 1. The summed E-state index contributed by atoms with van der Waals surface area (Å²) >= 11 is 0. The van der Waals surface area contributed by atoms with Gasteiger partial charge in [0.2, 0.25) is 0 Å². The highest BCUT2D eigenvalue weighted by Crippen LogP contribution is 2.69. The van der Waals surface area contributed by atoms with Crippen molar-refractivity contribution in [3.8, 4) is 0 Å². The van der Waals surface area contributed by atoms with Gasteiger partial charge in [-0.3, -0.25) is 4.79 Å². The van der Waals surface area contributed by atoms with Crippen LogP contribution in [0.25, 0.3) is 0 Å². The lowest BCUT2D eigenvalue weighted by molar-refractivity contribution is -0.358. The minimum absolute atomic E-state index is 0.0107. The first-order valence-electron chi connectivity index (χ1n) is 11.2. The molecule has 28 heavy (non-hydrogen) atoms. The van der Waals surface area contributed by atoms with Crippen LogP contribution in [0.15, 0.2) is 0 Å². The van der Waals surface area contributed by atoms with Crippen molar-refractivity contribution in [1.29, 1.82) is 0 Å². The summed E-state index contributed by atoms with van der Waals surface area (Å²) in [5.74, 6) is 0.395. The van der Waals surface area contributed by atoms with E-state index in [0.29, 0.717) is 24.9 Å². The summed E-state index contributed by atoms with van der Waals surface area (Å²) in [7, 11) is 0. The first kappa shape index (κ1) is 19.3. The highest BCUT2D eigenvalue weighted by atomic mass is 16.7. The molecule has 5 rings (SSSR count). The molecule has 3 saturated heterocycles. The van der Waals surface area contributed by atoms with Crippen molar-refractivity contribution in [3.63, 3.8) is 0 Å². The van der Waals surface area contributed by atoms with Crippen LogP contribution >= 0.6 is 0 Å². The Morgan fingerprint density at radius 3 is 2.46 bits per heavy atom. The first-order valence-corrected chi connectivity index (χ1v) is 11.2. The molecule has 0 aromatic rings.